The second kappa shape index (κ2) is 7.02. The van der Waals surface area contributed by atoms with Gasteiger partial charge in [0.15, 0.2) is 0 Å². The standard InChI is InChI=1S/C10H11N3O3S2/c1-17-10(18-2)12-11-9(14)7-3-5-8(6-4-7)13(15)16/h3-6H,1-2H3,(H,11,14). The Labute approximate surface area is 112 Å². The predicted octanol–water partition coefficient (Wildman–Crippen LogP) is 2.32. The normalized spacial score (nSPS) is 9.67. The lowest BCUT2D eigenvalue weighted by Gasteiger charge is -2.01. The summed E-state index contributed by atoms with van der Waals surface area (Å²) in [5.74, 6) is -0.398. The largest absolute Gasteiger partial charge is 0.271 e. The number of hydrogen-bond acceptors (Lipinski definition) is 6. The first-order valence-electron chi connectivity index (χ1n) is 4.79. The van der Waals surface area contributed by atoms with Crippen LogP contribution in [0.5, 0.6) is 0 Å². The van der Waals surface area contributed by atoms with Crippen molar-refractivity contribution in [2.75, 3.05) is 12.5 Å². The molecule has 1 N–H and O–H groups in total. The van der Waals surface area contributed by atoms with Gasteiger partial charge in [-0.05, 0) is 24.6 Å². The minimum absolute atomic E-state index is 0.0519. The van der Waals surface area contributed by atoms with Crippen molar-refractivity contribution < 1.29 is 9.72 Å². The van der Waals surface area contributed by atoms with Gasteiger partial charge in [0, 0.05) is 17.7 Å². The van der Waals surface area contributed by atoms with Crippen LogP contribution in [-0.2, 0) is 0 Å². The Bertz CT molecular complexity index is 468. The molecule has 0 aliphatic rings. The number of amides is 1. The smallest absolute Gasteiger partial charge is 0.267 e. The molecule has 0 aromatic heterocycles. The molecule has 18 heavy (non-hydrogen) atoms. The second-order valence-corrected chi connectivity index (χ2v) is 4.88. The van der Waals surface area contributed by atoms with E-state index in [0.29, 0.717) is 5.56 Å². The number of non-ortho nitro benzene ring substituents is 1. The van der Waals surface area contributed by atoms with E-state index in [1.807, 2.05) is 12.5 Å². The van der Waals surface area contributed by atoms with Crippen molar-refractivity contribution >= 4 is 39.5 Å². The summed E-state index contributed by atoms with van der Waals surface area (Å²) in [6.45, 7) is 0. The minimum Gasteiger partial charge on any atom is -0.267 e. The molecule has 1 rings (SSSR count). The van der Waals surface area contributed by atoms with Crippen molar-refractivity contribution in [2.45, 2.75) is 0 Å². The van der Waals surface area contributed by atoms with Gasteiger partial charge >= 0.3 is 0 Å². The van der Waals surface area contributed by atoms with Crippen LogP contribution in [0.3, 0.4) is 0 Å². The highest BCUT2D eigenvalue weighted by molar-refractivity contribution is 8.38. The molecule has 1 amide bonds. The first-order valence-corrected chi connectivity index (χ1v) is 7.24. The Morgan fingerprint density at radius 2 is 1.83 bits per heavy atom. The fourth-order valence-corrected chi connectivity index (χ4v) is 2.01. The van der Waals surface area contributed by atoms with Crippen LogP contribution in [0.4, 0.5) is 5.69 Å². The molecule has 0 aliphatic heterocycles. The summed E-state index contributed by atoms with van der Waals surface area (Å²) in [4.78, 5) is 21.6. The molecule has 1 aromatic rings. The fraction of sp³-hybridized carbons (Fsp3) is 0.200. The van der Waals surface area contributed by atoms with Gasteiger partial charge in [-0.1, -0.05) is 0 Å². The average Bonchev–Trinajstić information content (AvgIpc) is 2.39. The first kappa shape index (κ1) is 14.5. The van der Waals surface area contributed by atoms with E-state index in [4.69, 9.17) is 0 Å². The zero-order valence-corrected chi connectivity index (χ0v) is 11.4. The first-order chi connectivity index (χ1) is 8.58. The number of nitro groups is 1. The Morgan fingerprint density at radius 3 is 2.28 bits per heavy atom. The number of rotatable bonds is 3. The van der Waals surface area contributed by atoms with E-state index in [1.54, 1.807) is 0 Å². The van der Waals surface area contributed by atoms with E-state index in [0.717, 1.165) is 4.38 Å². The summed E-state index contributed by atoms with van der Waals surface area (Å²) in [6.07, 6.45) is 3.71. The summed E-state index contributed by atoms with van der Waals surface area (Å²) in [7, 11) is 0. The van der Waals surface area contributed by atoms with Gasteiger partial charge in [0.25, 0.3) is 11.6 Å². The molecule has 0 heterocycles. The number of nitrogens with zero attached hydrogens (tertiary/aromatic N) is 2. The third-order valence-electron chi connectivity index (χ3n) is 1.94. The summed E-state index contributed by atoms with van der Waals surface area (Å²) in [6, 6.07) is 5.34. The van der Waals surface area contributed by atoms with Crippen LogP contribution in [-0.4, -0.2) is 27.7 Å². The van der Waals surface area contributed by atoms with E-state index < -0.39 is 10.8 Å². The molecule has 0 saturated heterocycles. The maximum Gasteiger partial charge on any atom is 0.271 e. The van der Waals surface area contributed by atoms with Crippen molar-refractivity contribution in [3.05, 3.63) is 39.9 Å². The van der Waals surface area contributed by atoms with Gasteiger partial charge in [0.2, 0.25) is 0 Å². The van der Waals surface area contributed by atoms with Gasteiger partial charge in [0.1, 0.15) is 4.38 Å². The Hall–Kier alpha value is -1.54. The van der Waals surface area contributed by atoms with E-state index in [9.17, 15) is 14.9 Å². The third-order valence-corrected chi connectivity index (χ3v) is 3.82. The number of benzene rings is 1. The van der Waals surface area contributed by atoms with Crippen LogP contribution < -0.4 is 5.43 Å². The number of hydrazone groups is 1. The van der Waals surface area contributed by atoms with Crippen molar-refractivity contribution in [2.24, 2.45) is 5.10 Å². The number of nitro benzene ring substituents is 1. The molecule has 6 nitrogen and oxygen atoms in total. The molecule has 0 fully saturated rings. The predicted molar refractivity (Wildman–Crippen MR) is 75.0 cm³/mol. The molecule has 1 aromatic carbocycles. The van der Waals surface area contributed by atoms with Crippen LogP contribution in [0, 0.1) is 10.1 Å². The Balaban J connectivity index is 2.73. The number of nitrogens with one attached hydrogen (secondary N) is 1. The van der Waals surface area contributed by atoms with Gasteiger partial charge < -0.3 is 0 Å². The number of carbonyl (C=O) groups excluding carboxylic acids is 1. The number of carbonyl (C=O) groups is 1. The minimum atomic E-state index is -0.514. The molecular formula is C10H11N3O3S2. The lowest BCUT2D eigenvalue weighted by Crippen LogP contribution is -2.18. The van der Waals surface area contributed by atoms with Gasteiger partial charge in [0.05, 0.1) is 4.92 Å². The molecule has 0 radical (unpaired) electrons. The lowest BCUT2D eigenvalue weighted by atomic mass is 10.2. The molecule has 0 bridgehead atoms. The molecule has 8 heteroatoms. The summed E-state index contributed by atoms with van der Waals surface area (Å²) in [5, 5.41) is 14.4. The number of thioether (sulfide) groups is 2. The van der Waals surface area contributed by atoms with Crippen molar-refractivity contribution in [1.29, 1.82) is 0 Å². The molecule has 0 spiro atoms. The van der Waals surface area contributed by atoms with Crippen LogP contribution in [0.2, 0.25) is 0 Å². The molecule has 96 valence electrons. The van der Waals surface area contributed by atoms with Gasteiger partial charge in [-0.3, -0.25) is 14.9 Å². The van der Waals surface area contributed by atoms with E-state index in [-0.39, 0.29) is 5.69 Å². The average molecular weight is 285 g/mol. The van der Waals surface area contributed by atoms with E-state index >= 15 is 0 Å². The second-order valence-electron chi connectivity index (χ2n) is 3.03. The quantitative estimate of drug-likeness (QED) is 0.399. The third kappa shape index (κ3) is 4.04. The van der Waals surface area contributed by atoms with Gasteiger partial charge in [-0.25, -0.2) is 5.43 Å². The monoisotopic (exact) mass is 285 g/mol. The SMILES string of the molecule is CSC(=NNC(=O)c1ccc([N+](=O)[O-])cc1)SC. The molecule has 0 aliphatic carbocycles. The maximum absolute atomic E-state index is 11.7. The van der Waals surface area contributed by atoms with Crippen LogP contribution in [0.25, 0.3) is 0 Å². The fourth-order valence-electron chi connectivity index (χ4n) is 1.07. The number of hydrogen-bond donors (Lipinski definition) is 1. The van der Waals surface area contributed by atoms with E-state index in [1.165, 1.54) is 47.8 Å². The summed E-state index contributed by atoms with van der Waals surface area (Å²) < 4.78 is 0.727. The Kier molecular flexibility index (Phi) is 5.66. The zero-order valence-electron chi connectivity index (χ0n) is 9.75. The molecule has 0 unspecified atom stereocenters. The molecular weight excluding hydrogens is 274 g/mol. The van der Waals surface area contributed by atoms with Crippen LogP contribution >= 0.6 is 23.5 Å². The lowest BCUT2D eigenvalue weighted by molar-refractivity contribution is -0.384. The highest BCUT2D eigenvalue weighted by atomic mass is 32.2. The molecule has 0 saturated carbocycles. The van der Waals surface area contributed by atoms with Gasteiger partial charge in [-0.2, -0.15) is 5.10 Å². The van der Waals surface area contributed by atoms with Gasteiger partial charge in [-0.15, -0.1) is 23.5 Å². The highest BCUT2D eigenvalue weighted by Crippen LogP contribution is 2.12. The maximum atomic E-state index is 11.7. The van der Waals surface area contributed by atoms with E-state index in [2.05, 4.69) is 10.5 Å². The highest BCUT2D eigenvalue weighted by Gasteiger charge is 2.08. The zero-order chi connectivity index (χ0) is 13.5. The van der Waals surface area contributed by atoms with Crippen molar-refractivity contribution in [3.8, 4) is 0 Å². The van der Waals surface area contributed by atoms with Crippen molar-refractivity contribution in [3.63, 3.8) is 0 Å². The van der Waals surface area contributed by atoms with Crippen molar-refractivity contribution in [1.82, 2.24) is 5.43 Å². The van der Waals surface area contributed by atoms with Crippen LogP contribution in [0.15, 0.2) is 29.4 Å². The molecule has 0 atom stereocenters. The topological polar surface area (TPSA) is 84.6 Å². The Morgan fingerprint density at radius 1 is 1.28 bits per heavy atom. The summed E-state index contributed by atoms with van der Waals surface area (Å²) >= 11 is 2.84. The van der Waals surface area contributed by atoms with Crippen LogP contribution in [0.1, 0.15) is 10.4 Å². The summed E-state index contributed by atoms with van der Waals surface area (Å²) in [5.41, 5.74) is 2.66.